The molecular formula is C19H23ClFN2O2+. The summed E-state index contributed by atoms with van der Waals surface area (Å²) in [5.41, 5.74) is 2.45. The van der Waals surface area contributed by atoms with Gasteiger partial charge in [0.2, 0.25) is 0 Å². The van der Waals surface area contributed by atoms with E-state index >= 15 is 0 Å². The number of nitrogens with one attached hydrogen (secondary N) is 2. The van der Waals surface area contributed by atoms with Gasteiger partial charge in [0.15, 0.2) is 18.1 Å². The van der Waals surface area contributed by atoms with E-state index in [0.29, 0.717) is 17.3 Å². The second kappa shape index (κ2) is 8.83. The van der Waals surface area contributed by atoms with Crippen molar-refractivity contribution in [2.24, 2.45) is 0 Å². The Hall–Kier alpha value is -2.11. The molecule has 1 unspecified atom stereocenters. The van der Waals surface area contributed by atoms with Crippen LogP contribution in [0.1, 0.15) is 18.1 Å². The minimum atomic E-state index is -0.397. The molecule has 0 saturated carbocycles. The van der Waals surface area contributed by atoms with E-state index < -0.39 is 5.82 Å². The van der Waals surface area contributed by atoms with E-state index in [2.05, 4.69) is 5.32 Å². The number of likely N-dealkylation sites (N-methyl/N-ethyl adjacent to an activating group) is 1. The van der Waals surface area contributed by atoms with Crippen LogP contribution in [0.3, 0.4) is 0 Å². The Bertz CT molecular complexity index is 752. The third-order valence-corrected chi connectivity index (χ3v) is 4.29. The zero-order valence-corrected chi connectivity index (χ0v) is 15.4. The van der Waals surface area contributed by atoms with Gasteiger partial charge in [-0.2, -0.15) is 0 Å². The van der Waals surface area contributed by atoms with Gasteiger partial charge < -0.3 is 15.0 Å². The molecule has 6 heteroatoms. The lowest BCUT2D eigenvalue weighted by Crippen LogP contribution is -3.11. The monoisotopic (exact) mass is 365 g/mol. The maximum atomic E-state index is 13.8. The molecule has 25 heavy (non-hydrogen) atoms. The molecule has 2 N–H and O–H groups in total. The van der Waals surface area contributed by atoms with E-state index in [1.165, 1.54) is 13.2 Å². The quantitative estimate of drug-likeness (QED) is 0.792. The summed E-state index contributed by atoms with van der Waals surface area (Å²) in [5, 5.41) is 3.35. The fraction of sp³-hybridized carbons (Fsp3) is 0.316. The summed E-state index contributed by atoms with van der Waals surface area (Å²) < 4.78 is 18.7. The third kappa shape index (κ3) is 5.44. The summed E-state index contributed by atoms with van der Waals surface area (Å²) >= 11 is 6.14. The van der Waals surface area contributed by atoms with Crippen molar-refractivity contribution in [2.45, 2.75) is 20.4 Å². The van der Waals surface area contributed by atoms with E-state index in [1.54, 1.807) is 12.1 Å². The molecule has 2 rings (SSSR count). The SMILES string of the molecule is CC[NH+](CC(=O)Nc1ccc(C)cc1Cl)Cc1ccc(OC)c(F)c1. The molecule has 0 spiro atoms. The molecular weight excluding hydrogens is 343 g/mol. The predicted molar refractivity (Wildman–Crippen MR) is 97.8 cm³/mol. The van der Waals surface area contributed by atoms with Gasteiger partial charge in [0.1, 0.15) is 6.54 Å². The van der Waals surface area contributed by atoms with Gasteiger partial charge >= 0.3 is 0 Å². The van der Waals surface area contributed by atoms with Crippen molar-refractivity contribution in [1.82, 2.24) is 0 Å². The Morgan fingerprint density at radius 1 is 1.28 bits per heavy atom. The van der Waals surface area contributed by atoms with Crippen LogP contribution in [0.2, 0.25) is 5.02 Å². The summed E-state index contributed by atoms with van der Waals surface area (Å²) in [6.45, 7) is 5.49. The smallest absolute Gasteiger partial charge is 0.279 e. The second-order valence-electron chi connectivity index (χ2n) is 5.96. The summed E-state index contributed by atoms with van der Waals surface area (Å²) in [5.74, 6) is -0.309. The minimum absolute atomic E-state index is 0.128. The molecule has 2 aromatic rings. The van der Waals surface area contributed by atoms with E-state index in [0.717, 1.165) is 22.6 Å². The first-order chi connectivity index (χ1) is 11.9. The maximum Gasteiger partial charge on any atom is 0.279 e. The molecule has 2 aromatic carbocycles. The lowest BCUT2D eigenvalue weighted by molar-refractivity contribution is -0.903. The molecule has 1 amide bonds. The van der Waals surface area contributed by atoms with E-state index in [9.17, 15) is 9.18 Å². The third-order valence-electron chi connectivity index (χ3n) is 3.98. The number of aryl methyl sites for hydroxylation is 1. The van der Waals surface area contributed by atoms with Crippen LogP contribution in [0, 0.1) is 12.7 Å². The number of carbonyl (C=O) groups is 1. The van der Waals surface area contributed by atoms with Gasteiger partial charge in [-0.05, 0) is 49.7 Å². The molecule has 1 atom stereocenters. The van der Waals surface area contributed by atoms with Crippen molar-refractivity contribution < 1.29 is 18.8 Å². The average molecular weight is 366 g/mol. The molecule has 0 saturated heterocycles. The number of hydrogen-bond donors (Lipinski definition) is 2. The molecule has 0 aliphatic rings. The van der Waals surface area contributed by atoms with Crippen LogP contribution in [0.15, 0.2) is 36.4 Å². The molecule has 134 valence electrons. The van der Waals surface area contributed by atoms with Crippen LogP contribution in [0.25, 0.3) is 0 Å². The molecule has 0 aromatic heterocycles. The first kappa shape index (κ1) is 19.2. The first-order valence-electron chi connectivity index (χ1n) is 8.15. The number of hydrogen-bond acceptors (Lipinski definition) is 2. The Morgan fingerprint density at radius 2 is 2.04 bits per heavy atom. The van der Waals surface area contributed by atoms with Crippen LogP contribution in [-0.2, 0) is 11.3 Å². The molecule has 4 nitrogen and oxygen atoms in total. The average Bonchev–Trinajstić information content (AvgIpc) is 2.57. The topological polar surface area (TPSA) is 42.8 Å². The lowest BCUT2D eigenvalue weighted by Gasteiger charge is -2.18. The zero-order valence-electron chi connectivity index (χ0n) is 14.7. The number of halogens is 2. The largest absolute Gasteiger partial charge is 0.494 e. The summed E-state index contributed by atoms with van der Waals surface area (Å²) in [6, 6.07) is 10.4. The number of amides is 1. The van der Waals surface area contributed by atoms with Crippen LogP contribution < -0.4 is 15.0 Å². The van der Waals surface area contributed by atoms with Crippen molar-refractivity contribution in [2.75, 3.05) is 25.5 Å². The van der Waals surface area contributed by atoms with Crippen molar-refractivity contribution >= 4 is 23.2 Å². The normalized spacial score (nSPS) is 11.9. The fourth-order valence-corrected chi connectivity index (χ4v) is 2.85. The highest BCUT2D eigenvalue weighted by atomic mass is 35.5. The van der Waals surface area contributed by atoms with Gasteiger partial charge in [-0.15, -0.1) is 0 Å². The Balaban J connectivity index is 1.98. The van der Waals surface area contributed by atoms with Crippen LogP contribution in [0.4, 0.5) is 10.1 Å². The molecule has 0 heterocycles. The maximum absolute atomic E-state index is 13.8. The summed E-state index contributed by atoms with van der Waals surface area (Å²) in [4.78, 5) is 13.3. The number of rotatable bonds is 7. The standard InChI is InChI=1S/C19H22ClFN2O2/c1-4-23(11-14-6-8-18(25-3)16(21)10-14)12-19(24)22-17-7-5-13(2)9-15(17)20/h5-10H,4,11-12H2,1-3H3,(H,22,24)/p+1. The van der Waals surface area contributed by atoms with Crippen molar-refractivity contribution in [3.8, 4) is 5.75 Å². The van der Waals surface area contributed by atoms with Crippen LogP contribution in [-0.4, -0.2) is 26.1 Å². The highest BCUT2D eigenvalue weighted by molar-refractivity contribution is 6.33. The second-order valence-corrected chi connectivity index (χ2v) is 6.36. The minimum Gasteiger partial charge on any atom is -0.494 e. The predicted octanol–water partition coefficient (Wildman–Crippen LogP) is 2.84. The van der Waals surface area contributed by atoms with Crippen LogP contribution >= 0.6 is 11.6 Å². The van der Waals surface area contributed by atoms with Gasteiger partial charge in [-0.3, -0.25) is 4.79 Å². The summed E-state index contributed by atoms with van der Waals surface area (Å²) in [6.07, 6.45) is 0. The zero-order chi connectivity index (χ0) is 18.4. The Kier molecular flexibility index (Phi) is 6.79. The Labute approximate surface area is 152 Å². The first-order valence-corrected chi connectivity index (χ1v) is 8.52. The molecule has 0 bridgehead atoms. The van der Waals surface area contributed by atoms with Gasteiger partial charge in [-0.1, -0.05) is 17.7 Å². The number of benzene rings is 2. The highest BCUT2D eigenvalue weighted by Crippen LogP contribution is 2.22. The number of quaternary nitrogens is 1. The number of carbonyl (C=O) groups excluding carboxylic acids is 1. The number of ether oxygens (including phenoxy) is 1. The molecule has 0 radical (unpaired) electrons. The van der Waals surface area contributed by atoms with Crippen molar-refractivity contribution in [3.63, 3.8) is 0 Å². The lowest BCUT2D eigenvalue weighted by atomic mass is 10.2. The van der Waals surface area contributed by atoms with Gasteiger partial charge in [0.25, 0.3) is 5.91 Å². The van der Waals surface area contributed by atoms with Gasteiger partial charge in [0, 0.05) is 5.56 Å². The number of anilines is 1. The molecule has 0 aliphatic carbocycles. The van der Waals surface area contributed by atoms with Gasteiger partial charge in [-0.25, -0.2) is 4.39 Å². The molecule has 0 aliphatic heterocycles. The van der Waals surface area contributed by atoms with E-state index in [1.807, 2.05) is 32.0 Å². The van der Waals surface area contributed by atoms with E-state index in [-0.39, 0.29) is 18.2 Å². The highest BCUT2D eigenvalue weighted by Gasteiger charge is 2.15. The van der Waals surface area contributed by atoms with Crippen LogP contribution in [0.5, 0.6) is 5.75 Å². The molecule has 0 fully saturated rings. The number of methoxy groups -OCH3 is 1. The van der Waals surface area contributed by atoms with Crippen molar-refractivity contribution in [3.05, 3.63) is 58.4 Å². The fourth-order valence-electron chi connectivity index (χ4n) is 2.56. The van der Waals surface area contributed by atoms with Crippen molar-refractivity contribution in [1.29, 1.82) is 0 Å². The van der Waals surface area contributed by atoms with E-state index in [4.69, 9.17) is 16.3 Å². The Morgan fingerprint density at radius 3 is 2.64 bits per heavy atom. The van der Waals surface area contributed by atoms with Gasteiger partial charge in [0.05, 0.1) is 24.4 Å². The summed E-state index contributed by atoms with van der Waals surface area (Å²) in [7, 11) is 1.43.